The number of amides is 1. The van der Waals surface area contributed by atoms with E-state index in [1.54, 1.807) is 24.1 Å². The van der Waals surface area contributed by atoms with Gasteiger partial charge in [0.05, 0.1) is 11.4 Å². The molecule has 0 unspecified atom stereocenters. The van der Waals surface area contributed by atoms with Gasteiger partial charge in [-0.25, -0.2) is 9.78 Å². The fourth-order valence-corrected chi connectivity index (χ4v) is 3.05. The van der Waals surface area contributed by atoms with Crippen LogP contribution in [0.1, 0.15) is 26.5 Å². The Kier molecular flexibility index (Phi) is 6.26. The van der Waals surface area contributed by atoms with Crippen LogP contribution in [0.3, 0.4) is 0 Å². The van der Waals surface area contributed by atoms with Gasteiger partial charge >= 0.3 is 6.09 Å². The molecule has 0 aromatic carbocycles. The number of anilines is 1. The predicted octanol–water partition coefficient (Wildman–Crippen LogP) is 3.02. The van der Waals surface area contributed by atoms with Crippen LogP contribution >= 0.6 is 11.8 Å². The number of aliphatic imine (C=N–C) groups is 1. The molecule has 0 aliphatic carbocycles. The number of hydrogen-bond donors (Lipinski definition) is 0. The highest BCUT2D eigenvalue weighted by molar-refractivity contribution is 8.13. The zero-order valence-corrected chi connectivity index (χ0v) is 16.2. The third kappa shape index (κ3) is 5.07. The highest BCUT2D eigenvalue weighted by Gasteiger charge is 2.27. The minimum Gasteiger partial charge on any atom is -0.444 e. The van der Waals surface area contributed by atoms with E-state index in [9.17, 15) is 9.18 Å². The van der Waals surface area contributed by atoms with E-state index in [-0.39, 0.29) is 6.09 Å². The van der Waals surface area contributed by atoms with E-state index in [1.807, 2.05) is 31.9 Å². The molecule has 1 fully saturated rings. The summed E-state index contributed by atoms with van der Waals surface area (Å²) in [5.74, 6) is -0.515. The zero-order valence-electron chi connectivity index (χ0n) is 15.4. The van der Waals surface area contributed by atoms with Crippen molar-refractivity contribution in [2.75, 3.05) is 44.4 Å². The van der Waals surface area contributed by atoms with Gasteiger partial charge < -0.3 is 14.5 Å². The molecule has 1 amide bonds. The van der Waals surface area contributed by atoms with Crippen LogP contribution in [-0.4, -0.2) is 66.1 Å². The van der Waals surface area contributed by atoms with Crippen molar-refractivity contribution in [3.8, 4) is 0 Å². The topological polar surface area (TPSA) is 58.0 Å². The number of pyridine rings is 1. The molecule has 1 aromatic heterocycles. The smallest absolute Gasteiger partial charge is 0.410 e. The number of halogens is 1. The van der Waals surface area contributed by atoms with Crippen LogP contribution in [0.15, 0.2) is 17.1 Å². The first-order valence-electron chi connectivity index (χ1n) is 8.15. The maximum atomic E-state index is 14.4. The number of ether oxygens (including phenoxy) is 1. The van der Waals surface area contributed by atoms with Crippen molar-refractivity contribution in [3.63, 3.8) is 0 Å². The summed E-state index contributed by atoms with van der Waals surface area (Å²) in [4.78, 5) is 23.8. The quantitative estimate of drug-likeness (QED) is 0.456. The number of hydrogen-bond acceptors (Lipinski definition) is 6. The van der Waals surface area contributed by atoms with Crippen molar-refractivity contribution in [3.05, 3.63) is 23.8 Å². The second-order valence-corrected chi connectivity index (χ2v) is 7.49. The standard InChI is InChI=1S/C17H25FN4O2S/c1-17(2,3)24-16(23)22-10-8-21(9-11-22)13-7-6-12(20-14(13)18)15(19-4)25-5/h6-7H,8-11H2,1-5H3. The van der Waals surface area contributed by atoms with E-state index in [1.165, 1.54) is 11.8 Å². The van der Waals surface area contributed by atoms with Crippen LogP contribution in [0.4, 0.5) is 14.9 Å². The SMILES string of the molecule is CN=C(SC)c1ccc(N2CCN(C(=O)OC(C)(C)C)CC2)c(F)n1. The number of carbonyl (C=O) groups excluding carboxylic acids is 1. The maximum Gasteiger partial charge on any atom is 0.410 e. The molecule has 25 heavy (non-hydrogen) atoms. The summed E-state index contributed by atoms with van der Waals surface area (Å²) in [6.07, 6.45) is 1.55. The lowest BCUT2D eigenvalue weighted by atomic mass is 10.2. The Morgan fingerprint density at radius 1 is 1.28 bits per heavy atom. The minimum absolute atomic E-state index is 0.329. The average Bonchev–Trinajstić information content (AvgIpc) is 2.55. The van der Waals surface area contributed by atoms with Crippen molar-refractivity contribution in [1.82, 2.24) is 9.88 Å². The van der Waals surface area contributed by atoms with Gasteiger partial charge in [-0.2, -0.15) is 4.39 Å². The second kappa shape index (κ2) is 8.03. The number of piperazine rings is 1. The van der Waals surface area contributed by atoms with Gasteiger partial charge in [-0.1, -0.05) is 0 Å². The molecule has 0 atom stereocenters. The molecule has 0 N–H and O–H groups in total. The van der Waals surface area contributed by atoms with Crippen LogP contribution in [0.5, 0.6) is 0 Å². The van der Waals surface area contributed by atoms with Crippen molar-refractivity contribution >= 4 is 28.6 Å². The summed E-state index contributed by atoms with van der Waals surface area (Å²) in [5, 5.41) is 0.695. The lowest BCUT2D eigenvalue weighted by molar-refractivity contribution is 0.0240. The van der Waals surface area contributed by atoms with Gasteiger partial charge in [0.1, 0.15) is 10.6 Å². The lowest BCUT2D eigenvalue weighted by Gasteiger charge is -2.36. The third-order valence-electron chi connectivity index (χ3n) is 3.72. The molecule has 8 heteroatoms. The molecule has 0 spiro atoms. The number of carbonyl (C=O) groups is 1. The summed E-state index contributed by atoms with van der Waals surface area (Å²) in [7, 11) is 1.66. The average molecular weight is 368 g/mol. The molecular formula is C17H25FN4O2S. The molecule has 2 rings (SSSR count). The second-order valence-electron chi connectivity index (χ2n) is 6.69. The molecule has 0 bridgehead atoms. The van der Waals surface area contributed by atoms with Crippen molar-refractivity contribution in [2.45, 2.75) is 26.4 Å². The van der Waals surface area contributed by atoms with E-state index in [0.717, 1.165) is 0 Å². The van der Waals surface area contributed by atoms with E-state index >= 15 is 0 Å². The van der Waals surface area contributed by atoms with Gasteiger partial charge in [0.15, 0.2) is 0 Å². The Morgan fingerprint density at radius 3 is 2.40 bits per heavy atom. The van der Waals surface area contributed by atoms with Crippen LogP contribution in [0.2, 0.25) is 0 Å². The molecule has 2 heterocycles. The monoisotopic (exact) mass is 368 g/mol. The highest BCUT2D eigenvalue weighted by Crippen LogP contribution is 2.22. The van der Waals surface area contributed by atoms with Gasteiger partial charge in [0.25, 0.3) is 0 Å². The molecule has 1 saturated heterocycles. The summed E-state index contributed by atoms with van der Waals surface area (Å²) < 4.78 is 19.8. The van der Waals surface area contributed by atoms with Gasteiger partial charge in [0, 0.05) is 33.2 Å². The van der Waals surface area contributed by atoms with E-state index in [2.05, 4.69) is 9.98 Å². The Labute approximate surface area is 152 Å². The van der Waals surface area contributed by atoms with Crippen LogP contribution in [0, 0.1) is 5.95 Å². The van der Waals surface area contributed by atoms with Gasteiger partial charge in [-0.15, -0.1) is 11.8 Å². The Bertz CT molecular complexity index is 653. The normalized spacial score (nSPS) is 16.2. The van der Waals surface area contributed by atoms with E-state index in [0.29, 0.717) is 42.6 Å². The number of rotatable bonds is 2. The summed E-state index contributed by atoms with van der Waals surface area (Å²) in [6.45, 7) is 7.57. The van der Waals surface area contributed by atoms with Crippen LogP contribution in [0.25, 0.3) is 0 Å². The summed E-state index contributed by atoms with van der Waals surface area (Å²) in [6, 6.07) is 3.50. The minimum atomic E-state index is -0.518. The Hall–Kier alpha value is -1.83. The Balaban J connectivity index is 2.02. The summed E-state index contributed by atoms with van der Waals surface area (Å²) in [5.41, 5.74) is 0.461. The van der Waals surface area contributed by atoms with Crippen molar-refractivity contribution in [1.29, 1.82) is 0 Å². The molecule has 1 aromatic rings. The first kappa shape index (κ1) is 19.5. The zero-order chi connectivity index (χ0) is 18.6. The first-order chi connectivity index (χ1) is 11.7. The number of thioether (sulfide) groups is 1. The van der Waals surface area contributed by atoms with Crippen LogP contribution in [-0.2, 0) is 4.74 Å². The largest absolute Gasteiger partial charge is 0.444 e. The molecule has 0 saturated carbocycles. The van der Waals surface area contributed by atoms with E-state index < -0.39 is 11.5 Å². The number of nitrogens with zero attached hydrogens (tertiary/aromatic N) is 4. The van der Waals surface area contributed by atoms with Crippen molar-refractivity contribution in [2.24, 2.45) is 4.99 Å². The highest BCUT2D eigenvalue weighted by atomic mass is 32.2. The summed E-state index contributed by atoms with van der Waals surface area (Å²) >= 11 is 1.43. The van der Waals surface area contributed by atoms with Gasteiger partial charge in [-0.3, -0.25) is 4.99 Å². The third-order valence-corrected chi connectivity index (χ3v) is 4.50. The molecule has 6 nitrogen and oxygen atoms in total. The fourth-order valence-electron chi connectivity index (χ4n) is 2.55. The lowest BCUT2D eigenvalue weighted by Crippen LogP contribution is -2.50. The molecule has 138 valence electrons. The number of aromatic nitrogens is 1. The van der Waals surface area contributed by atoms with Gasteiger partial charge in [0.2, 0.25) is 5.95 Å². The predicted molar refractivity (Wildman–Crippen MR) is 100 cm³/mol. The molecule has 1 aliphatic rings. The fraction of sp³-hybridized carbons (Fsp3) is 0.588. The first-order valence-corrected chi connectivity index (χ1v) is 9.38. The van der Waals surface area contributed by atoms with Crippen molar-refractivity contribution < 1.29 is 13.9 Å². The van der Waals surface area contributed by atoms with Gasteiger partial charge in [-0.05, 0) is 39.2 Å². The molecular weight excluding hydrogens is 343 g/mol. The van der Waals surface area contributed by atoms with Crippen LogP contribution < -0.4 is 4.90 Å². The Morgan fingerprint density at radius 2 is 1.92 bits per heavy atom. The van der Waals surface area contributed by atoms with E-state index in [4.69, 9.17) is 4.74 Å². The molecule has 0 radical (unpaired) electrons. The maximum absolute atomic E-state index is 14.4. The molecule has 1 aliphatic heterocycles.